The van der Waals surface area contributed by atoms with Crippen LogP contribution in [0, 0.1) is 5.82 Å². The first-order valence-electron chi connectivity index (χ1n) is 4.93. The zero-order chi connectivity index (χ0) is 11.7. The van der Waals surface area contributed by atoms with E-state index in [0.717, 1.165) is 0 Å². The van der Waals surface area contributed by atoms with Crippen molar-refractivity contribution in [1.29, 1.82) is 0 Å². The second-order valence-electron chi connectivity index (χ2n) is 3.76. The van der Waals surface area contributed by atoms with Crippen molar-refractivity contribution in [2.75, 3.05) is 5.73 Å². The summed E-state index contributed by atoms with van der Waals surface area (Å²) in [7, 11) is 0. The van der Waals surface area contributed by atoms with Crippen molar-refractivity contribution in [2.45, 2.75) is 19.9 Å². The van der Waals surface area contributed by atoms with E-state index in [-0.39, 0.29) is 11.7 Å². The van der Waals surface area contributed by atoms with Crippen molar-refractivity contribution >= 4 is 5.69 Å². The molecule has 0 radical (unpaired) electrons. The lowest BCUT2D eigenvalue weighted by atomic mass is 10.2. The van der Waals surface area contributed by atoms with Gasteiger partial charge in [-0.15, -0.1) is 10.2 Å². The van der Waals surface area contributed by atoms with E-state index < -0.39 is 5.82 Å². The number of benzene rings is 1. The summed E-state index contributed by atoms with van der Waals surface area (Å²) in [5, 5.41) is 11.9. The fourth-order valence-corrected chi connectivity index (χ4v) is 1.24. The molecule has 0 saturated carbocycles. The van der Waals surface area contributed by atoms with Crippen molar-refractivity contribution in [1.82, 2.24) is 20.2 Å². The molecule has 0 aliphatic carbocycles. The minimum absolute atomic E-state index is 0.0818. The SMILES string of the molecule is CC(C)n1nnc(-c2ccc(F)c(N)c2)n1. The number of nitrogens with two attached hydrogens (primary N) is 1. The van der Waals surface area contributed by atoms with Gasteiger partial charge in [0.15, 0.2) is 0 Å². The number of tetrazole rings is 1. The lowest BCUT2D eigenvalue weighted by molar-refractivity contribution is 0.455. The van der Waals surface area contributed by atoms with Crippen LogP contribution in [0.4, 0.5) is 10.1 Å². The van der Waals surface area contributed by atoms with Gasteiger partial charge in [-0.25, -0.2) is 4.39 Å². The van der Waals surface area contributed by atoms with Crippen LogP contribution in [0.2, 0.25) is 0 Å². The van der Waals surface area contributed by atoms with Gasteiger partial charge in [-0.05, 0) is 37.3 Å². The maximum absolute atomic E-state index is 13.0. The fraction of sp³-hybridized carbons (Fsp3) is 0.300. The van der Waals surface area contributed by atoms with E-state index in [1.807, 2.05) is 13.8 Å². The van der Waals surface area contributed by atoms with Gasteiger partial charge >= 0.3 is 0 Å². The smallest absolute Gasteiger partial charge is 0.205 e. The summed E-state index contributed by atoms with van der Waals surface area (Å²) in [4.78, 5) is 1.49. The lowest BCUT2D eigenvalue weighted by Gasteiger charge is -2.00. The van der Waals surface area contributed by atoms with E-state index in [2.05, 4.69) is 15.4 Å². The normalized spacial score (nSPS) is 11.0. The quantitative estimate of drug-likeness (QED) is 0.783. The van der Waals surface area contributed by atoms with Gasteiger partial charge in [0, 0.05) is 5.56 Å². The van der Waals surface area contributed by atoms with Gasteiger partial charge in [0.25, 0.3) is 0 Å². The first kappa shape index (κ1) is 10.5. The Morgan fingerprint density at radius 3 is 2.69 bits per heavy atom. The topological polar surface area (TPSA) is 69.6 Å². The maximum Gasteiger partial charge on any atom is 0.205 e. The van der Waals surface area contributed by atoms with Crippen LogP contribution in [0.5, 0.6) is 0 Å². The standard InChI is InChI=1S/C10H12FN5/c1-6(2)16-14-10(13-15-16)7-3-4-8(11)9(12)5-7/h3-6H,12H2,1-2H3. The molecule has 0 amide bonds. The Kier molecular flexibility index (Phi) is 2.55. The lowest BCUT2D eigenvalue weighted by Crippen LogP contribution is -2.04. The summed E-state index contributed by atoms with van der Waals surface area (Å²) in [5.41, 5.74) is 6.21. The van der Waals surface area contributed by atoms with E-state index in [1.165, 1.54) is 16.9 Å². The maximum atomic E-state index is 13.0. The van der Waals surface area contributed by atoms with Crippen molar-refractivity contribution in [3.8, 4) is 11.4 Å². The molecular weight excluding hydrogens is 209 g/mol. The van der Waals surface area contributed by atoms with Gasteiger partial charge in [-0.2, -0.15) is 4.80 Å². The second-order valence-corrected chi connectivity index (χ2v) is 3.76. The number of hydrogen-bond donors (Lipinski definition) is 1. The highest BCUT2D eigenvalue weighted by Crippen LogP contribution is 2.19. The van der Waals surface area contributed by atoms with Crippen LogP contribution < -0.4 is 5.73 Å². The molecule has 0 unspecified atom stereocenters. The van der Waals surface area contributed by atoms with Crippen molar-refractivity contribution in [3.63, 3.8) is 0 Å². The molecule has 0 aliphatic heterocycles. The van der Waals surface area contributed by atoms with Gasteiger partial charge in [-0.3, -0.25) is 0 Å². The van der Waals surface area contributed by atoms with Crippen LogP contribution in [0.1, 0.15) is 19.9 Å². The molecule has 1 aromatic carbocycles. The first-order chi connectivity index (χ1) is 7.58. The van der Waals surface area contributed by atoms with Crippen LogP contribution >= 0.6 is 0 Å². The Morgan fingerprint density at radius 1 is 1.38 bits per heavy atom. The molecule has 2 rings (SSSR count). The van der Waals surface area contributed by atoms with Crippen LogP contribution in [-0.2, 0) is 0 Å². The van der Waals surface area contributed by atoms with Gasteiger partial charge < -0.3 is 5.73 Å². The van der Waals surface area contributed by atoms with Gasteiger partial charge in [-0.1, -0.05) is 0 Å². The molecule has 0 saturated heterocycles. The van der Waals surface area contributed by atoms with Crippen molar-refractivity contribution in [2.24, 2.45) is 0 Å². The highest BCUT2D eigenvalue weighted by Gasteiger charge is 2.09. The summed E-state index contributed by atoms with van der Waals surface area (Å²) >= 11 is 0. The second kappa shape index (κ2) is 3.88. The highest BCUT2D eigenvalue weighted by molar-refractivity contribution is 5.60. The number of nitrogen functional groups attached to an aromatic ring is 1. The molecule has 16 heavy (non-hydrogen) atoms. The molecule has 1 aromatic heterocycles. The molecule has 0 fully saturated rings. The largest absolute Gasteiger partial charge is 0.396 e. The predicted octanol–water partition coefficient (Wildman–Crippen LogP) is 1.64. The summed E-state index contributed by atoms with van der Waals surface area (Å²) in [6.07, 6.45) is 0. The van der Waals surface area contributed by atoms with Crippen molar-refractivity contribution < 1.29 is 4.39 Å². The number of rotatable bonds is 2. The van der Waals surface area contributed by atoms with E-state index in [0.29, 0.717) is 11.4 Å². The monoisotopic (exact) mass is 221 g/mol. The van der Waals surface area contributed by atoms with E-state index in [9.17, 15) is 4.39 Å². The molecule has 6 heteroatoms. The third-order valence-electron chi connectivity index (χ3n) is 2.14. The van der Waals surface area contributed by atoms with E-state index in [1.54, 1.807) is 6.07 Å². The van der Waals surface area contributed by atoms with E-state index in [4.69, 9.17) is 5.73 Å². The zero-order valence-corrected chi connectivity index (χ0v) is 9.05. The molecular formula is C10H12FN5. The summed E-state index contributed by atoms with van der Waals surface area (Å²) in [6.45, 7) is 3.90. The third-order valence-corrected chi connectivity index (χ3v) is 2.14. The molecule has 84 valence electrons. The first-order valence-corrected chi connectivity index (χ1v) is 4.93. The molecule has 1 heterocycles. The molecule has 0 aliphatic rings. The summed E-state index contributed by atoms with van der Waals surface area (Å²) in [6, 6.07) is 4.50. The van der Waals surface area contributed by atoms with Crippen LogP contribution in [0.3, 0.4) is 0 Å². The van der Waals surface area contributed by atoms with Gasteiger partial charge in [0.1, 0.15) is 5.82 Å². The molecule has 0 atom stereocenters. The van der Waals surface area contributed by atoms with Crippen molar-refractivity contribution in [3.05, 3.63) is 24.0 Å². The van der Waals surface area contributed by atoms with Gasteiger partial charge in [0.05, 0.1) is 11.7 Å². The predicted molar refractivity (Wildman–Crippen MR) is 58.0 cm³/mol. The molecule has 2 aromatic rings. The third kappa shape index (κ3) is 1.86. The van der Waals surface area contributed by atoms with Crippen LogP contribution in [0.15, 0.2) is 18.2 Å². The Bertz CT molecular complexity index is 506. The minimum atomic E-state index is -0.444. The summed E-state index contributed by atoms with van der Waals surface area (Å²) < 4.78 is 13.0. The van der Waals surface area contributed by atoms with Crippen LogP contribution in [0.25, 0.3) is 11.4 Å². The molecule has 5 nitrogen and oxygen atoms in total. The van der Waals surface area contributed by atoms with E-state index >= 15 is 0 Å². The molecule has 2 N–H and O–H groups in total. The zero-order valence-electron chi connectivity index (χ0n) is 9.05. The number of anilines is 1. The average molecular weight is 221 g/mol. The fourth-order valence-electron chi connectivity index (χ4n) is 1.24. The Balaban J connectivity index is 2.39. The summed E-state index contributed by atoms with van der Waals surface area (Å²) in [5.74, 6) is 0.000372. The minimum Gasteiger partial charge on any atom is -0.396 e. The highest BCUT2D eigenvalue weighted by atomic mass is 19.1. The number of nitrogens with zero attached hydrogens (tertiary/aromatic N) is 4. The Hall–Kier alpha value is -1.98. The average Bonchev–Trinajstić information content (AvgIpc) is 2.71. The Morgan fingerprint density at radius 2 is 2.12 bits per heavy atom. The molecule has 0 spiro atoms. The number of halogens is 1. The molecule has 0 bridgehead atoms. The number of hydrogen-bond acceptors (Lipinski definition) is 4. The Labute approximate surface area is 92.1 Å². The number of aromatic nitrogens is 4. The van der Waals surface area contributed by atoms with Crippen LogP contribution in [-0.4, -0.2) is 20.2 Å². The van der Waals surface area contributed by atoms with Gasteiger partial charge in [0.2, 0.25) is 5.82 Å².